The van der Waals surface area contributed by atoms with Crippen LogP contribution in [0.4, 0.5) is 0 Å². The normalized spacial score (nSPS) is 12.5. The fraction of sp³-hybridized carbons (Fsp3) is 0.200. The van der Waals surface area contributed by atoms with E-state index in [1.165, 1.54) is 27.1 Å². The third kappa shape index (κ3) is 4.61. The number of benzene rings is 2. The molecule has 1 heterocycles. The molecule has 0 spiro atoms. The maximum atomic E-state index is 12.2. The number of carbonyl (C=O) groups is 2. The van der Waals surface area contributed by atoms with E-state index in [1.807, 2.05) is 36.4 Å². The molecule has 0 aliphatic carbocycles. The molecule has 0 radical (unpaired) electrons. The summed E-state index contributed by atoms with van der Waals surface area (Å²) in [5.41, 5.74) is 4.39. The quantitative estimate of drug-likeness (QED) is 0.576. The zero-order valence-corrected chi connectivity index (χ0v) is 17.4. The summed E-state index contributed by atoms with van der Waals surface area (Å²) in [6.07, 6.45) is -0.896. The second kappa shape index (κ2) is 8.56. The van der Waals surface area contributed by atoms with E-state index in [4.69, 9.17) is 9.15 Å². The van der Waals surface area contributed by atoms with Gasteiger partial charge in [0.2, 0.25) is 5.09 Å². The monoisotopic (exact) mass is 431 g/mol. The molecule has 2 amide bonds. The topological polar surface area (TPSA) is 118 Å². The predicted octanol–water partition coefficient (Wildman–Crippen LogP) is 1.91. The summed E-state index contributed by atoms with van der Waals surface area (Å²) in [6, 6.07) is 15.5. The van der Waals surface area contributed by atoms with Gasteiger partial charge in [-0.2, -0.15) is 0 Å². The van der Waals surface area contributed by atoms with Gasteiger partial charge in [0, 0.05) is 14.1 Å². The number of carbonyl (C=O) groups excluding carboxylic acids is 2. The summed E-state index contributed by atoms with van der Waals surface area (Å²) < 4.78 is 35.6. The van der Waals surface area contributed by atoms with Crippen LogP contribution in [-0.2, 0) is 14.8 Å². The van der Waals surface area contributed by atoms with Crippen LogP contribution in [0.25, 0.3) is 10.8 Å². The minimum atomic E-state index is -3.81. The van der Waals surface area contributed by atoms with E-state index in [1.54, 1.807) is 6.07 Å². The van der Waals surface area contributed by atoms with Gasteiger partial charge in [0.25, 0.3) is 15.9 Å². The van der Waals surface area contributed by atoms with Gasteiger partial charge in [0.1, 0.15) is 5.75 Å². The third-order valence-electron chi connectivity index (χ3n) is 4.24. The van der Waals surface area contributed by atoms with E-state index in [2.05, 4.69) is 10.9 Å². The standard InChI is InChI=1S/C20H21N3O6S/c1-13(28-16-9-8-14-6-4-5-7-15(14)12-16)19(24)21-22-20(25)17-10-11-18(29-17)30(26,27)23(2)3/h4-13H,1-3H3,(H,21,24)(H,22,25)/t13-/m1/s1. The number of ether oxygens (including phenoxy) is 1. The Bertz CT molecular complexity index is 1190. The second-order valence-electron chi connectivity index (χ2n) is 6.62. The van der Waals surface area contributed by atoms with Crippen LogP contribution in [0, 0.1) is 0 Å². The van der Waals surface area contributed by atoms with Crippen molar-refractivity contribution < 1.29 is 27.2 Å². The number of nitrogens with one attached hydrogen (secondary N) is 2. The highest BCUT2D eigenvalue weighted by molar-refractivity contribution is 7.88. The Morgan fingerprint density at radius 2 is 1.70 bits per heavy atom. The summed E-state index contributed by atoms with van der Waals surface area (Å²) >= 11 is 0. The number of amides is 2. The van der Waals surface area contributed by atoms with Crippen LogP contribution in [0.3, 0.4) is 0 Å². The van der Waals surface area contributed by atoms with Crippen molar-refractivity contribution in [3.63, 3.8) is 0 Å². The molecule has 0 unspecified atom stereocenters. The van der Waals surface area contributed by atoms with Crippen LogP contribution in [0.1, 0.15) is 17.5 Å². The first-order valence-corrected chi connectivity index (χ1v) is 10.4. The van der Waals surface area contributed by atoms with Crippen molar-refractivity contribution in [1.29, 1.82) is 0 Å². The van der Waals surface area contributed by atoms with Crippen molar-refractivity contribution in [3.8, 4) is 5.75 Å². The Morgan fingerprint density at radius 3 is 2.40 bits per heavy atom. The molecule has 10 heteroatoms. The summed E-state index contributed by atoms with van der Waals surface area (Å²) in [5, 5.41) is 1.64. The molecule has 3 rings (SSSR count). The van der Waals surface area contributed by atoms with Crippen LogP contribution in [0.2, 0.25) is 0 Å². The van der Waals surface area contributed by atoms with E-state index in [0.717, 1.165) is 21.1 Å². The second-order valence-corrected chi connectivity index (χ2v) is 8.70. The Hall–Kier alpha value is -3.37. The van der Waals surface area contributed by atoms with Crippen LogP contribution in [0.15, 0.2) is 64.1 Å². The van der Waals surface area contributed by atoms with Gasteiger partial charge >= 0.3 is 5.91 Å². The van der Waals surface area contributed by atoms with Crippen LogP contribution < -0.4 is 15.6 Å². The summed E-state index contributed by atoms with van der Waals surface area (Å²) in [5.74, 6) is -1.16. The molecule has 0 aliphatic heterocycles. The lowest BCUT2D eigenvalue weighted by Crippen LogP contribution is -2.47. The average molecular weight is 431 g/mol. The Balaban J connectivity index is 1.58. The van der Waals surface area contributed by atoms with Gasteiger partial charge in [0.05, 0.1) is 0 Å². The van der Waals surface area contributed by atoms with Gasteiger partial charge in [-0.05, 0) is 42.0 Å². The van der Waals surface area contributed by atoms with E-state index in [0.29, 0.717) is 5.75 Å². The molecule has 1 aromatic heterocycles. The maximum absolute atomic E-state index is 12.2. The van der Waals surface area contributed by atoms with Gasteiger partial charge in [-0.3, -0.25) is 20.4 Å². The molecule has 0 saturated heterocycles. The molecule has 0 bridgehead atoms. The van der Waals surface area contributed by atoms with Crippen molar-refractivity contribution in [1.82, 2.24) is 15.2 Å². The maximum Gasteiger partial charge on any atom is 0.305 e. The van der Waals surface area contributed by atoms with Crippen molar-refractivity contribution in [2.45, 2.75) is 18.1 Å². The molecule has 0 aliphatic rings. The fourth-order valence-electron chi connectivity index (χ4n) is 2.54. The van der Waals surface area contributed by atoms with Gasteiger partial charge < -0.3 is 9.15 Å². The lowest BCUT2D eigenvalue weighted by atomic mass is 10.1. The predicted molar refractivity (Wildman–Crippen MR) is 109 cm³/mol. The first kappa shape index (κ1) is 21.3. The molecule has 30 heavy (non-hydrogen) atoms. The minimum Gasteiger partial charge on any atom is -0.481 e. The van der Waals surface area contributed by atoms with E-state index >= 15 is 0 Å². The number of hydrazine groups is 1. The highest BCUT2D eigenvalue weighted by Gasteiger charge is 2.24. The Morgan fingerprint density at radius 1 is 1.00 bits per heavy atom. The van der Waals surface area contributed by atoms with Crippen molar-refractivity contribution in [3.05, 3.63) is 60.4 Å². The zero-order chi connectivity index (χ0) is 21.9. The number of furan rings is 1. The molecule has 2 N–H and O–H groups in total. The molecule has 3 aromatic rings. The first-order chi connectivity index (χ1) is 14.2. The van der Waals surface area contributed by atoms with Gasteiger partial charge in [-0.1, -0.05) is 30.3 Å². The van der Waals surface area contributed by atoms with Gasteiger partial charge in [-0.25, -0.2) is 12.7 Å². The molecule has 0 fully saturated rings. The third-order valence-corrected chi connectivity index (χ3v) is 5.93. The molecular formula is C20H21N3O6S. The van der Waals surface area contributed by atoms with Crippen molar-refractivity contribution in [2.24, 2.45) is 0 Å². The Kier molecular flexibility index (Phi) is 6.09. The number of fused-ring (bicyclic) bond motifs is 1. The largest absolute Gasteiger partial charge is 0.481 e. The number of rotatable bonds is 6. The van der Waals surface area contributed by atoms with E-state index < -0.39 is 27.9 Å². The lowest BCUT2D eigenvalue weighted by molar-refractivity contribution is -0.128. The molecule has 0 saturated carbocycles. The molecule has 9 nitrogen and oxygen atoms in total. The highest BCUT2D eigenvalue weighted by atomic mass is 32.2. The number of nitrogens with zero attached hydrogens (tertiary/aromatic N) is 1. The van der Waals surface area contributed by atoms with Gasteiger partial charge in [-0.15, -0.1) is 0 Å². The molecule has 2 aromatic carbocycles. The summed E-state index contributed by atoms with van der Waals surface area (Å²) in [7, 11) is -1.12. The Labute approximate surface area is 173 Å². The average Bonchev–Trinajstić information content (AvgIpc) is 3.22. The summed E-state index contributed by atoms with van der Waals surface area (Å²) in [6.45, 7) is 1.53. The molecule has 1 atom stereocenters. The van der Waals surface area contributed by atoms with E-state index in [-0.39, 0.29) is 10.9 Å². The highest BCUT2D eigenvalue weighted by Crippen LogP contribution is 2.21. The fourth-order valence-corrected chi connectivity index (χ4v) is 3.34. The molecular weight excluding hydrogens is 410 g/mol. The van der Waals surface area contributed by atoms with Crippen LogP contribution in [0.5, 0.6) is 5.75 Å². The van der Waals surface area contributed by atoms with Crippen molar-refractivity contribution in [2.75, 3.05) is 14.1 Å². The number of sulfonamides is 1. The SMILES string of the molecule is C[C@@H](Oc1ccc2ccccc2c1)C(=O)NNC(=O)c1ccc(S(=O)(=O)N(C)C)o1. The summed E-state index contributed by atoms with van der Waals surface area (Å²) in [4.78, 5) is 24.3. The van der Waals surface area contributed by atoms with Gasteiger partial charge in [0.15, 0.2) is 11.9 Å². The zero-order valence-electron chi connectivity index (χ0n) is 16.6. The van der Waals surface area contributed by atoms with Crippen molar-refractivity contribution >= 4 is 32.6 Å². The van der Waals surface area contributed by atoms with E-state index in [9.17, 15) is 18.0 Å². The van der Waals surface area contributed by atoms with Crippen LogP contribution in [-0.4, -0.2) is 44.7 Å². The number of hydrogen-bond donors (Lipinski definition) is 2. The minimum absolute atomic E-state index is 0.265. The smallest absolute Gasteiger partial charge is 0.305 e. The molecule has 158 valence electrons. The first-order valence-electron chi connectivity index (χ1n) is 8.96. The van der Waals surface area contributed by atoms with Crippen LogP contribution >= 0.6 is 0 Å². The lowest BCUT2D eigenvalue weighted by Gasteiger charge is -2.15. The number of hydrogen-bond acceptors (Lipinski definition) is 6.